The van der Waals surface area contributed by atoms with Crippen LogP contribution in [0.3, 0.4) is 0 Å². The van der Waals surface area contributed by atoms with Gasteiger partial charge in [0, 0.05) is 6.42 Å². The van der Waals surface area contributed by atoms with Crippen LogP contribution in [-0.4, -0.2) is 22.1 Å². The average molecular weight is 202 g/mol. The van der Waals surface area contributed by atoms with Crippen molar-refractivity contribution in [2.24, 2.45) is 0 Å². The lowest BCUT2D eigenvalue weighted by molar-refractivity contribution is -0.140. The Morgan fingerprint density at radius 2 is 2.27 bits per heavy atom. The van der Waals surface area contributed by atoms with Gasteiger partial charge in [-0.1, -0.05) is 12.1 Å². The minimum atomic E-state index is -0.197. The van der Waals surface area contributed by atoms with Crippen LogP contribution in [0.5, 0.6) is 0 Å². The first-order valence-corrected chi connectivity index (χ1v) is 4.94. The maximum absolute atomic E-state index is 11.4. The molecule has 76 valence electrons. The van der Waals surface area contributed by atoms with Gasteiger partial charge in [-0.25, -0.2) is 9.78 Å². The van der Waals surface area contributed by atoms with Gasteiger partial charge in [0.15, 0.2) is 0 Å². The fourth-order valence-corrected chi connectivity index (χ4v) is 1.96. The lowest BCUT2D eigenvalue weighted by atomic mass is 10.2. The predicted octanol–water partition coefficient (Wildman–Crippen LogP) is 1.52. The monoisotopic (exact) mass is 202 g/mol. The van der Waals surface area contributed by atoms with E-state index in [1.807, 2.05) is 28.8 Å². The zero-order chi connectivity index (χ0) is 10.3. The Hall–Kier alpha value is -1.84. The maximum Gasteiger partial charge on any atom is 0.329 e. The van der Waals surface area contributed by atoms with E-state index in [-0.39, 0.29) is 12.0 Å². The number of fused-ring (bicyclic) bond motifs is 1. The van der Waals surface area contributed by atoms with Crippen LogP contribution in [0.15, 0.2) is 30.6 Å². The predicted molar refractivity (Wildman–Crippen MR) is 54.3 cm³/mol. The summed E-state index contributed by atoms with van der Waals surface area (Å²) >= 11 is 0. The molecule has 0 aliphatic carbocycles. The Morgan fingerprint density at radius 1 is 1.40 bits per heavy atom. The molecule has 2 heterocycles. The van der Waals surface area contributed by atoms with Crippen molar-refractivity contribution in [3.05, 3.63) is 30.6 Å². The topological polar surface area (TPSA) is 44.1 Å². The van der Waals surface area contributed by atoms with E-state index in [2.05, 4.69) is 4.98 Å². The fraction of sp³-hybridized carbons (Fsp3) is 0.273. The number of hydrogen-bond acceptors (Lipinski definition) is 3. The highest BCUT2D eigenvalue weighted by atomic mass is 16.5. The number of ether oxygens (including phenoxy) is 1. The summed E-state index contributed by atoms with van der Waals surface area (Å²) in [7, 11) is 0. The molecule has 1 saturated heterocycles. The number of nitrogens with zero attached hydrogens (tertiary/aromatic N) is 2. The average Bonchev–Trinajstić information content (AvgIpc) is 2.83. The highest BCUT2D eigenvalue weighted by molar-refractivity contribution is 5.81. The molecule has 0 amide bonds. The Labute approximate surface area is 86.5 Å². The standard InChI is InChI=1S/C11H10N2O2/c14-11-10(5-6-15-11)13-7-12-8-3-1-2-4-9(8)13/h1-4,7,10H,5-6H2. The third-order valence-electron chi connectivity index (χ3n) is 2.72. The van der Waals surface area contributed by atoms with Gasteiger partial charge in [-0.3, -0.25) is 0 Å². The van der Waals surface area contributed by atoms with Crippen LogP contribution in [0.1, 0.15) is 12.5 Å². The summed E-state index contributed by atoms with van der Waals surface area (Å²) in [6, 6.07) is 7.59. The van der Waals surface area contributed by atoms with E-state index in [1.54, 1.807) is 6.33 Å². The van der Waals surface area contributed by atoms with Crippen LogP contribution in [0.25, 0.3) is 11.0 Å². The Kier molecular flexibility index (Phi) is 1.74. The van der Waals surface area contributed by atoms with Crippen molar-refractivity contribution in [1.82, 2.24) is 9.55 Å². The summed E-state index contributed by atoms with van der Waals surface area (Å²) in [6.07, 6.45) is 2.45. The first-order valence-electron chi connectivity index (χ1n) is 4.94. The third kappa shape index (κ3) is 1.21. The van der Waals surface area contributed by atoms with Gasteiger partial charge in [0.2, 0.25) is 0 Å². The smallest absolute Gasteiger partial charge is 0.329 e. The molecule has 0 spiro atoms. The van der Waals surface area contributed by atoms with E-state index in [1.165, 1.54) is 0 Å². The number of rotatable bonds is 1. The van der Waals surface area contributed by atoms with Crippen LogP contribution >= 0.6 is 0 Å². The van der Waals surface area contributed by atoms with Crippen molar-refractivity contribution >= 4 is 17.0 Å². The van der Waals surface area contributed by atoms with Crippen LogP contribution in [-0.2, 0) is 9.53 Å². The molecular weight excluding hydrogens is 192 g/mol. The van der Waals surface area contributed by atoms with Gasteiger partial charge in [0.25, 0.3) is 0 Å². The molecule has 4 nitrogen and oxygen atoms in total. The molecule has 2 aromatic rings. The van der Waals surface area contributed by atoms with E-state index in [9.17, 15) is 4.79 Å². The second-order valence-corrected chi connectivity index (χ2v) is 3.61. The number of aromatic nitrogens is 2. The molecule has 0 N–H and O–H groups in total. The van der Waals surface area contributed by atoms with Gasteiger partial charge in [0.1, 0.15) is 6.04 Å². The summed E-state index contributed by atoms with van der Waals surface area (Å²) < 4.78 is 6.84. The highest BCUT2D eigenvalue weighted by Gasteiger charge is 2.28. The first-order chi connectivity index (χ1) is 7.36. The number of carbonyl (C=O) groups is 1. The lowest BCUT2D eigenvalue weighted by Crippen LogP contribution is -2.12. The molecule has 1 atom stereocenters. The van der Waals surface area contributed by atoms with E-state index in [0.29, 0.717) is 6.61 Å². The Morgan fingerprint density at radius 3 is 3.07 bits per heavy atom. The highest BCUT2D eigenvalue weighted by Crippen LogP contribution is 2.24. The molecule has 1 unspecified atom stereocenters. The molecule has 1 aromatic carbocycles. The molecule has 0 bridgehead atoms. The van der Waals surface area contributed by atoms with Crippen molar-refractivity contribution in [2.75, 3.05) is 6.61 Å². The number of carbonyl (C=O) groups excluding carboxylic acids is 1. The molecule has 3 rings (SSSR count). The quantitative estimate of drug-likeness (QED) is 0.658. The molecule has 1 aliphatic heterocycles. The molecule has 4 heteroatoms. The number of hydrogen-bond donors (Lipinski definition) is 0. The van der Waals surface area contributed by atoms with E-state index < -0.39 is 0 Å². The zero-order valence-electron chi connectivity index (χ0n) is 8.09. The van der Waals surface area contributed by atoms with E-state index >= 15 is 0 Å². The van der Waals surface area contributed by atoms with Gasteiger partial charge in [-0.15, -0.1) is 0 Å². The second kappa shape index (κ2) is 3.08. The number of esters is 1. The molecule has 0 saturated carbocycles. The SMILES string of the molecule is O=C1OCCC1n1cnc2ccccc21. The third-order valence-corrected chi connectivity index (χ3v) is 2.72. The van der Waals surface area contributed by atoms with Crippen molar-refractivity contribution in [3.63, 3.8) is 0 Å². The molecule has 0 radical (unpaired) electrons. The van der Waals surface area contributed by atoms with Crippen molar-refractivity contribution in [1.29, 1.82) is 0 Å². The molecule has 1 aromatic heterocycles. The minimum Gasteiger partial charge on any atom is -0.464 e. The normalized spacial score (nSPS) is 20.8. The zero-order valence-corrected chi connectivity index (χ0v) is 8.09. The van der Waals surface area contributed by atoms with Crippen molar-refractivity contribution in [2.45, 2.75) is 12.5 Å². The summed E-state index contributed by atoms with van der Waals surface area (Å²) in [6.45, 7) is 0.510. The summed E-state index contributed by atoms with van der Waals surface area (Å²) in [5, 5.41) is 0. The van der Waals surface area contributed by atoms with Crippen LogP contribution in [0, 0.1) is 0 Å². The van der Waals surface area contributed by atoms with Crippen LogP contribution < -0.4 is 0 Å². The fourth-order valence-electron chi connectivity index (χ4n) is 1.96. The Balaban J connectivity index is 2.14. The minimum absolute atomic E-state index is 0.154. The number of benzene rings is 1. The van der Waals surface area contributed by atoms with Crippen molar-refractivity contribution < 1.29 is 9.53 Å². The number of para-hydroxylation sites is 2. The maximum atomic E-state index is 11.4. The van der Waals surface area contributed by atoms with Crippen molar-refractivity contribution in [3.8, 4) is 0 Å². The van der Waals surface area contributed by atoms with Gasteiger partial charge >= 0.3 is 5.97 Å². The van der Waals surface area contributed by atoms with Gasteiger partial charge in [-0.2, -0.15) is 0 Å². The van der Waals surface area contributed by atoms with Gasteiger partial charge in [0.05, 0.1) is 24.0 Å². The van der Waals surface area contributed by atoms with E-state index in [4.69, 9.17) is 4.74 Å². The van der Waals surface area contributed by atoms with Crippen LogP contribution in [0.2, 0.25) is 0 Å². The summed E-state index contributed by atoms with van der Waals surface area (Å²) in [4.78, 5) is 15.7. The number of cyclic esters (lactones) is 1. The number of imidazole rings is 1. The first kappa shape index (κ1) is 8.47. The lowest BCUT2D eigenvalue weighted by Gasteiger charge is -2.07. The van der Waals surface area contributed by atoms with Gasteiger partial charge < -0.3 is 9.30 Å². The summed E-state index contributed by atoms with van der Waals surface area (Å²) in [5.74, 6) is -0.154. The summed E-state index contributed by atoms with van der Waals surface area (Å²) in [5.41, 5.74) is 1.90. The molecule has 1 fully saturated rings. The van der Waals surface area contributed by atoms with E-state index in [0.717, 1.165) is 17.5 Å². The molecule has 15 heavy (non-hydrogen) atoms. The van der Waals surface area contributed by atoms with Crippen LogP contribution in [0.4, 0.5) is 0 Å². The molecular formula is C11H10N2O2. The molecule has 1 aliphatic rings. The second-order valence-electron chi connectivity index (χ2n) is 3.61. The largest absolute Gasteiger partial charge is 0.464 e. The Bertz CT molecular complexity index is 518. The van der Waals surface area contributed by atoms with Gasteiger partial charge in [-0.05, 0) is 12.1 Å².